The van der Waals surface area contributed by atoms with Crippen molar-refractivity contribution in [2.45, 2.75) is 0 Å². The van der Waals surface area contributed by atoms with Crippen LogP contribution in [0.5, 0.6) is 0 Å². The van der Waals surface area contributed by atoms with Crippen molar-refractivity contribution >= 4 is 64.9 Å². The van der Waals surface area contributed by atoms with Crippen LogP contribution in [0.2, 0.25) is 0 Å². The Bertz CT molecular complexity index is 1820. The average Bonchev–Trinajstić information content (AvgIpc) is 3.50. The Balaban J connectivity index is 1.76. The largest absolute Gasteiger partial charge is 0.346 e. The second-order valence-electron chi connectivity index (χ2n) is 7.33. The molecule has 6 heterocycles. The standard InChI is InChI=1S/C22H12FN7S/c23-14-7-10-6-13-18(14)29-30-19(13)22-27-15-3-4-25-21(20(15)28-22)16-1-2-17(31-16)26-12-5-11(10)8-24-9-12/h1-9,26,29-30H. The van der Waals surface area contributed by atoms with Gasteiger partial charge in [-0.3, -0.25) is 20.2 Å². The molecule has 2 aliphatic rings. The van der Waals surface area contributed by atoms with Crippen LogP contribution in [0.3, 0.4) is 0 Å². The van der Waals surface area contributed by atoms with Crippen LogP contribution in [0, 0.1) is 5.82 Å². The SMILES string of the molecule is Fc1cc2cc3c1[nH][nH]c-3c1nc3ccnc(c4ccc([nH]c5cncc2c5)s4)c3n1. The van der Waals surface area contributed by atoms with Crippen molar-refractivity contribution in [3.8, 4) is 11.3 Å². The number of aromatic nitrogens is 7. The zero-order valence-corrected chi connectivity index (χ0v) is 16.6. The van der Waals surface area contributed by atoms with Crippen LogP contribution in [0.1, 0.15) is 0 Å². The summed E-state index contributed by atoms with van der Waals surface area (Å²) in [5.41, 5.74) is 5.20. The van der Waals surface area contributed by atoms with Crippen LogP contribution in [-0.2, 0) is 0 Å². The first-order valence-corrected chi connectivity index (χ1v) is 10.4. The average molecular weight is 425 g/mol. The van der Waals surface area contributed by atoms with Gasteiger partial charge in [0.25, 0.3) is 0 Å². The van der Waals surface area contributed by atoms with Crippen molar-refractivity contribution in [1.29, 1.82) is 0 Å². The molecule has 0 amide bonds. The maximum Gasteiger partial charge on any atom is 0.179 e. The molecule has 8 bridgehead atoms. The van der Waals surface area contributed by atoms with Crippen molar-refractivity contribution in [2.75, 3.05) is 0 Å². The van der Waals surface area contributed by atoms with Crippen LogP contribution < -0.4 is 0 Å². The monoisotopic (exact) mass is 425 g/mol. The lowest BCUT2D eigenvalue weighted by molar-refractivity contribution is 0.637. The number of nitrogens with zero attached hydrogens (tertiary/aromatic N) is 4. The third-order valence-corrected chi connectivity index (χ3v) is 6.43. The fraction of sp³-hybridized carbons (Fsp3) is 0. The number of pyridine rings is 2. The number of fused-ring (bicyclic) bond motifs is 9. The van der Waals surface area contributed by atoms with Crippen LogP contribution in [-0.4, -0.2) is 35.1 Å². The van der Waals surface area contributed by atoms with Crippen LogP contribution in [0.25, 0.3) is 64.8 Å². The van der Waals surface area contributed by atoms with Gasteiger partial charge in [-0.1, -0.05) is 0 Å². The molecule has 148 valence electrons. The molecule has 9 heteroatoms. The lowest BCUT2D eigenvalue weighted by Gasteiger charge is -2.00. The lowest BCUT2D eigenvalue weighted by Crippen LogP contribution is -1.84. The van der Waals surface area contributed by atoms with E-state index >= 15 is 0 Å². The minimum atomic E-state index is -0.362. The Morgan fingerprint density at radius 1 is 0.903 bits per heavy atom. The zero-order chi connectivity index (χ0) is 20.5. The summed E-state index contributed by atoms with van der Waals surface area (Å²) >= 11 is 1.58. The molecule has 5 aromatic rings. The number of halogens is 1. The zero-order valence-electron chi connectivity index (χ0n) is 15.8. The summed E-state index contributed by atoms with van der Waals surface area (Å²) in [7, 11) is 0. The van der Waals surface area contributed by atoms with Gasteiger partial charge in [-0.05, 0) is 41.8 Å². The van der Waals surface area contributed by atoms with Gasteiger partial charge in [-0.2, -0.15) is 0 Å². The Morgan fingerprint density at radius 3 is 2.84 bits per heavy atom. The summed E-state index contributed by atoms with van der Waals surface area (Å²) in [6, 6.07) is 11.2. The van der Waals surface area contributed by atoms with Crippen LogP contribution in [0.4, 0.5) is 4.39 Å². The summed E-state index contributed by atoms with van der Waals surface area (Å²) in [4.78, 5) is 22.7. The second kappa shape index (κ2) is 5.96. The number of thiophene rings is 1. The maximum absolute atomic E-state index is 15.0. The highest BCUT2D eigenvalue weighted by atomic mass is 32.1. The third kappa shape index (κ3) is 2.44. The lowest BCUT2D eigenvalue weighted by atomic mass is 10.1. The van der Waals surface area contributed by atoms with Crippen molar-refractivity contribution in [3.63, 3.8) is 0 Å². The number of hydrogen-bond acceptors (Lipinski definition) is 5. The minimum Gasteiger partial charge on any atom is -0.346 e. The maximum atomic E-state index is 15.0. The number of aromatic amines is 3. The van der Waals surface area contributed by atoms with Gasteiger partial charge in [-0.15, -0.1) is 11.3 Å². The first kappa shape index (κ1) is 16.7. The van der Waals surface area contributed by atoms with Gasteiger partial charge in [0.15, 0.2) is 5.65 Å². The summed E-state index contributed by atoms with van der Waals surface area (Å²) in [6.45, 7) is 0. The molecule has 2 aliphatic heterocycles. The Hall–Kier alpha value is -4.11. The highest BCUT2D eigenvalue weighted by Crippen LogP contribution is 2.33. The van der Waals surface area contributed by atoms with E-state index in [1.165, 1.54) is 6.07 Å². The van der Waals surface area contributed by atoms with E-state index in [2.05, 4.69) is 25.1 Å². The summed E-state index contributed by atoms with van der Waals surface area (Å²) in [5.74, 6) is -0.362. The van der Waals surface area contributed by atoms with Gasteiger partial charge in [-0.25, -0.2) is 14.4 Å². The molecule has 0 fully saturated rings. The van der Waals surface area contributed by atoms with E-state index in [9.17, 15) is 4.39 Å². The first-order chi connectivity index (χ1) is 15.2. The van der Waals surface area contributed by atoms with E-state index in [4.69, 9.17) is 9.97 Å². The second-order valence-corrected chi connectivity index (χ2v) is 8.42. The predicted molar refractivity (Wildman–Crippen MR) is 120 cm³/mol. The van der Waals surface area contributed by atoms with Gasteiger partial charge in [0.2, 0.25) is 0 Å². The van der Waals surface area contributed by atoms with E-state index in [1.807, 2.05) is 30.3 Å². The smallest absolute Gasteiger partial charge is 0.179 e. The number of benzene rings is 1. The van der Waals surface area contributed by atoms with Crippen molar-refractivity contribution in [3.05, 3.63) is 60.8 Å². The fourth-order valence-corrected chi connectivity index (χ4v) is 4.91. The minimum absolute atomic E-state index is 0.362. The molecule has 0 radical (unpaired) electrons. The molecular formula is C22H12FN7S. The number of rotatable bonds is 0. The normalized spacial score (nSPS) is 12.0. The Labute approximate surface area is 176 Å². The highest BCUT2D eigenvalue weighted by Gasteiger charge is 2.17. The number of imidazole rings is 1. The van der Waals surface area contributed by atoms with E-state index in [0.29, 0.717) is 27.9 Å². The molecule has 0 aliphatic carbocycles. The predicted octanol–water partition coefficient (Wildman–Crippen LogP) is 5.45. The summed E-state index contributed by atoms with van der Waals surface area (Å²) < 4.78 is 15.9. The van der Waals surface area contributed by atoms with Gasteiger partial charge >= 0.3 is 0 Å². The van der Waals surface area contributed by atoms with Crippen LogP contribution >= 0.6 is 11.3 Å². The third-order valence-electron chi connectivity index (χ3n) is 5.42. The molecular weight excluding hydrogens is 413 g/mol. The van der Waals surface area contributed by atoms with Gasteiger partial charge in [0.1, 0.15) is 22.5 Å². The van der Waals surface area contributed by atoms with E-state index in [-0.39, 0.29) is 5.82 Å². The summed E-state index contributed by atoms with van der Waals surface area (Å²) in [5, 5.41) is 7.49. The highest BCUT2D eigenvalue weighted by molar-refractivity contribution is 7.23. The molecule has 7 nitrogen and oxygen atoms in total. The molecule has 0 spiro atoms. The van der Waals surface area contributed by atoms with Gasteiger partial charge in [0.05, 0.1) is 32.3 Å². The topological polar surface area (TPSA) is 98.9 Å². The number of hydrogen-bond donors (Lipinski definition) is 3. The Kier molecular flexibility index (Phi) is 3.20. The molecule has 0 saturated heterocycles. The molecule has 0 unspecified atom stereocenters. The molecule has 1 aromatic carbocycles. The van der Waals surface area contributed by atoms with E-state index in [0.717, 1.165) is 36.9 Å². The first-order valence-electron chi connectivity index (χ1n) is 9.58. The van der Waals surface area contributed by atoms with Crippen LogP contribution in [0.15, 0.2) is 55.0 Å². The molecule has 0 atom stereocenters. The molecule has 31 heavy (non-hydrogen) atoms. The van der Waals surface area contributed by atoms with E-state index in [1.54, 1.807) is 29.9 Å². The van der Waals surface area contributed by atoms with Gasteiger partial charge < -0.3 is 4.98 Å². The summed E-state index contributed by atoms with van der Waals surface area (Å²) in [6.07, 6.45) is 5.21. The quantitative estimate of drug-likeness (QED) is 0.301. The number of nitrogens with one attached hydrogen (secondary N) is 3. The van der Waals surface area contributed by atoms with Crippen molar-refractivity contribution < 1.29 is 4.39 Å². The molecule has 0 saturated carbocycles. The number of H-pyrrole nitrogens is 3. The molecule has 7 rings (SSSR count). The molecule has 3 N–H and O–H groups in total. The van der Waals surface area contributed by atoms with Crippen molar-refractivity contribution in [2.24, 2.45) is 0 Å². The Morgan fingerprint density at radius 2 is 1.87 bits per heavy atom. The fourth-order valence-electron chi connectivity index (χ4n) is 3.99. The van der Waals surface area contributed by atoms with Crippen molar-refractivity contribution in [1.82, 2.24) is 35.1 Å². The molecule has 4 aromatic heterocycles. The van der Waals surface area contributed by atoms with Gasteiger partial charge in [0, 0.05) is 23.3 Å². The van der Waals surface area contributed by atoms with E-state index < -0.39 is 0 Å².